The van der Waals surface area contributed by atoms with E-state index in [4.69, 9.17) is 0 Å². The Morgan fingerprint density at radius 3 is 2.57 bits per heavy atom. The van der Waals surface area contributed by atoms with E-state index in [1.54, 1.807) is 6.92 Å². The van der Waals surface area contributed by atoms with Crippen molar-refractivity contribution < 1.29 is 27.2 Å². The molecule has 1 aromatic rings. The molecule has 0 aliphatic carbocycles. The van der Waals surface area contributed by atoms with Crippen molar-refractivity contribution in [3.8, 4) is 0 Å². The maximum absolute atomic E-state index is 13.9. The van der Waals surface area contributed by atoms with Gasteiger partial charge in [-0.15, -0.1) is 0 Å². The predicted molar refractivity (Wildman–Crippen MR) is 66.1 cm³/mol. The lowest BCUT2D eigenvalue weighted by molar-refractivity contribution is -0.140. The molecule has 1 aromatic carbocycles. The van der Waals surface area contributed by atoms with Gasteiger partial charge in [-0.1, -0.05) is 6.07 Å². The molecule has 1 aliphatic rings. The molecule has 1 amide bonds. The van der Waals surface area contributed by atoms with Crippen LogP contribution >= 0.6 is 0 Å². The van der Waals surface area contributed by atoms with E-state index in [1.165, 1.54) is 4.90 Å². The van der Waals surface area contributed by atoms with Crippen molar-refractivity contribution in [1.82, 2.24) is 4.90 Å². The minimum Gasteiger partial charge on any atom is -0.335 e. The van der Waals surface area contributed by atoms with Gasteiger partial charge in [0, 0.05) is 25.4 Å². The first-order chi connectivity index (χ1) is 9.71. The molecule has 1 heterocycles. The monoisotopic (exact) mass is 303 g/mol. The number of rotatable bonds is 1. The Balaban J connectivity index is 2.34. The highest BCUT2D eigenvalue weighted by atomic mass is 19.4. The average Bonchev–Trinajstić information content (AvgIpc) is 2.37. The normalized spacial score (nSPS) is 19.8. The summed E-state index contributed by atoms with van der Waals surface area (Å²) >= 11 is 0. The van der Waals surface area contributed by atoms with Crippen molar-refractivity contribution in [2.24, 2.45) is 0 Å². The average molecular weight is 303 g/mol. The first-order valence-corrected chi connectivity index (χ1v) is 6.40. The summed E-state index contributed by atoms with van der Waals surface area (Å²) in [6.45, 7) is 1.70. The number of halogens is 4. The van der Waals surface area contributed by atoms with Crippen LogP contribution in [0.3, 0.4) is 0 Å². The number of ketones is 1. The van der Waals surface area contributed by atoms with Gasteiger partial charge in [-0.05, 0) is 19.1 Å². The summed E-state index contributed by atoms with van der Waals surface area (Å²) in [6, 6.07) is 2.16. The number of amides is 1. The fraction of sp³-hybridized carbons (Fsp3) is 0.429. The Morgan fingerprint density at radius 1 is 1.33 bits per heavy atom. The number of nitrogens with zero attached hydrogens (tertiary/aromatic N) is 1. The fourth-order valence-corrected chi connectivity index (χ4v) is 2.38. The first kappa shape index (κ1) is 15.5. The van der Waals surface area contributed by atoms with Crippen molar-refractivity contribution in [3.05, 3.63) is 35.1 Å². The lowest BCUT2D eigenvalue weighted by Gasteiger charge is -2.33. The van der Waals surface area contributed by atoms with Gasteiger partial charge >= 0.3 is 6.18 Å². The number of likely N-dealkylation sites (tertiary alicyclic amines) is 1. The highest BCUT2D eigenvalue weighted by Crippen LogP contribution is 2.33. The summed E-state index contributed by atoms with van der Waals surface area (Å²) in [7, 11) is 0. The number of hydrogen-bond acceptors (Lipinski definition) is 2. The molecular formula is C14H13F4NO2. The number of piperidine rings is 1. The maximum Gasteiger partial charge on any atom is 0.419 e. The van der Waals surface area contributed by atoms with E-state index in [0.717, 1.165) is 12.1 Å². The second-order valence-electron chi connectivity index (χ2n) is 5.01. The van der Waals surface area contributed by atoms with Crippen LogP contribution in [-0.4, -0.2) is 29.2 Å². The molecule has 7 heteroatoms. The van der Waals surface area contributed by atoms with Gasteiger partial charge in [0.05, 0.1) is 11.1 Å². The Labute approximate surface area is 118 Å². The molecule has 1 fully saturated rings. The quantitative estimate of drug-likeness (QED) is 0.748. The van der Waals surface area contributed by atoms with Crippen LogP contribution < -0.4 is 0 Å². The fourth-order valence-electron chi connectivity index (χ4n) is 2.38. The van der Waals surface area contributed by atoms with E-state index in [0.29, 0.717) is 6.07 Å². The molecule has 1 saturated heterocycles. The molecule has 0 saturated carbocycles. The van der Waals surface area contributed by atoms with Gasteiger partial charge in [-0.25, -0.2) is 4.39 Å². The van der Waals surface area contributed by atoms with Gasteiger partial charge in [-0.3, -0.25) is 9.59 Å². The SMILES string of the molecule is C[C@H]1CC(=O)CCN1C(=O)c1cccc(C(F)(F)F)c1F. The number of carbonyl (C=O) groups is 2. The van der Waals surface area contributed by atoms with Gasteiger partial charge in [0.25, 0.3) is 5.91 Å². The molecule has 2 rings (SSSR count). The van der Waals surface area contributed by atoms with Gasteiger partial charge in [0.2, 0.25) is 0 Å². The minimum absolute atomic E-state index is 0.0175. The zero-order valence-corrected chi connectivity index (χ0v) is 11.2. The number of benzene rings is 1. The summed E-state index contributed by atoms with van der Waals surface area (Å²) in [5.41, 5.74) is -2.08. The number of alkyl halides is 3. The molecule has 0 spiro atoms. The molecule has 1 aliphatic heterocycles. The molecule has 0 unspecified atom stereocenters. The third kappa shape index (κ3) is 3.06. The lowest BCUT2D eigenvalue weighted by atomic mass is 10.00. The maximum atomic E-state index is 13.9. The summed E-state index contributed by atoms with van der Waals surface area (Å²) in [5.74, 6) is -2.41. The zero-order valence-electron chi connectivity index (χ0n) is 11.2. The van der Waals surface area contributed by atoms with Crippen molar-refractivity contribution in [2.75, 3.05) is 6.54 Å². The molecule has 0 N–H and O–H groups in total. The smallest absolute Gasteiger partial charge is 0.335 e. The summed E-state index contributed by atoms with van der Waals surface area (Å²) in [4.78, 5) is 24.7. The molecule has 0 aromatic heterocycles. The summed E-state index contributed by atoms with van der Waals surface area (Å²) < 4.78 is 51.9. The minimum atomic E-state index is -4.86. The zero-order chi connectivity index (χ0) is 15.8. The number of Topliss-reactive ketones (excluding diaryl/α,β-unsaturated/α-hetero) is 1. The van der Waals surface area contributed by atoms with Gasteiger partial charge in [-0.2, -0.15) is 13.2 Å². The van der Waals surface area contributed by atoms with Crippen LogP contribution in [0.2, 0.25) is 0 Å². The van der Waals surface area contributed by atoms with Crippen LogP contribution in [0.1, 0.15) is 35.7 Å². The van der Waals surface area contributed by atoms with Gasteiger partial charge < -0.3 is 4.90 Å². The molecule has 1 atom stereocenters. The van der Waals surface area contributed by atoms with E-state index in [1.807, 2.05) is 0 Å². The molecule has 21 heavy (non-hydrogen) atoms. The largest absolute Gasteiger partial charge is 0.419 e. The van der Waals surface area contributed by atoms with Crippen LogP contribution in [0.5, 0.6) is 0 Å². The second-order valence-corrected chi connectivity index (χ2v) is 5.01. The highest BCUT2D eigenvalue weighted by molar-refractivity contribution is 5.96. The third-order valence-electron chi connectivity index (χ3n) is 3.48. The van der Waals surface area contributed by atoms with E-state index >= 15 is 0 Å². The first-order valence-electron chi connectivity index (χ1n) is 6.40. The van der Waals surface area contributed by atoms with Crippen molar-refractivity contribution >= 4 is 11.7 Å². The molecule has 0 bridgehead atoms. The van der Waals surface area contributed by atoms with Crippen molar-refractivity contribution in [2.45, 2.75) is 32.0 Å². The van der Waals surface area contributed by atoms with Gasteiger partial charge in [0.1, 0.15) is 11.6 Å². The molecule has 114 valence electrons. The van der Waals surface area contributed by atoms with E-state index in [-0.39, 0.29) is 25.2 Å². The molecular weight excluding hydrogens is 290 g/mol. The van der Waals surface area contributed by atoms with E-state index in [2.05, 4.69) is 0 Å². The number of hydrogen-bond donors (Lipinski definition) is 0. The van der Waals surface area contributed by atoms with E-state index in [9.17, 15) is 27.2 Å². The Morgan fingerprint density at radius 2 is 2.00 bits per heavy atom. The predicted octanol–water partition coefficient (Wildman–Crippen LogP) is 3.04. The van der Waals surface area contributed by atoms with Crippen LogP contribution in [0.4, 0.5) is 17.6 Å². The molecule has 3 nitrogen and oxygen atoms in total. The van der Waals surface area contributed by atoms with E-state index < -0.39 is 35.1 Å². The van der Waals surface area contributed by atoms with Crippen LogP contribution in [0.15, 0.2) is 18.2 Å². The third-order valence-corrected chi connectivity index (χ3v) is 3.48. The van der Waals surface area contributed by atoms with Gasteiger partial charge in [0.15, 0.2) is 0 Å². The highest BCUT2D eigenvalue weighted by Gasteiger charge is 2.37. The Hall–Kier alpha value is -1.92. The second kappa shape index (κ2) is 5.46. The summed E-state index contributed by atoms with van der Waals surface area (Å²) in [5, 5.41) is 0. The van der Waals surface area contributed by atoms with Crippen LogP contribution in [0.25, 0.3) is 0 Å². The van der Waals surface area contributed by atoms with Crippen molar-refractivity contribution in [1.29, 1.82) is 0 Å². The Bertz CT molecular complexity index is 583. The number of carbonyl (C=O) groups excluding carboxylic acids is 2. The Kier molecular flexibility index (Phi) is 4.02. The van der Waals surface area contributed by atoms with Crippen LogP contribution in [0, 0.1) is 5.82 Å². The van der Waals surface area contributed by atoms with Crippen molar-refractivity contribution in [3.63, 3.8) is 0 Å². The summed E-state index contributed by atoms with van der Waals surface area (Å²) in [6.07, 6.45) is -4.59. The standard InChI is InChI=1S/C14H13F4NO2/c1-8-7-9(20)5-6-19(8)13(21)10-3-2-4-11(12(10)15)14(16,17)18/h2-4,8H,5-7H2,1H3/t8-/m0/s1. The topological polar surface area (TPSA) is 37.4 Å². The van der Waals surface area contributed by atoms with Crippen LogP contribution in [-0.2, 0) is 11.0 Å². The lowest BCUT2D eigenvalue weighted by Crippen LogP contribution is -2.45. The molecule has 0 radical (unpaired) electrons.